The molecule has 0 aliphatic heterocycles. The molecule has 0 atom stereocenters. The van der Waals surface area contributed by atoms with Crippen molar-refractivity contribution in [1.82, 2.24) is 0 Å². The average Bonchev–Trinajstić information content (AvgIpc) is 2.82. The van der Waals surface area contributed by atoms with Crippen LogP contribution >= 0.6 is 0 Å². The molecule has 0 N–H and O–H groups in total. The van der Waals surface area contributed by atoms with Crippen molar-refractivity contribution in [1.29, 1.82) is 0 Å². The highest BCUT2D eigenvalue weighted by molar-refractivity contribution is 5.69. The van der Waals surface area contributed by atoms with Crippen LogP contribution in [-0.4, -0.2) is 12.6 Å². The van der Waals surface area contributed by atoms with Gasteiger partial charge in [-0.15, -0.1) is 0 Å². The standard InChI is InChI=1S/C31H62O2/c1-3-5-6-7-8-9-10-11-12-13-14-15-16-17-18-19-20-21-22-23-24-25-26-27-28-29-31(32)33-30-4-2/h3-30H2,1-2H3. The third-order valence-corrected chi connectivity index (χ3v) is 6.95. The molecular formula is C31H62O2. The van der Waals surface area contributed by atoms with Gasteiger partial charge in [0, 0.05) is 6.42 Å². The molecule has 2 nitrogen and oxygen atoms in total. The number of rotatable bonds is 28. The van der Waals surface area contributed by atoms with Gasteiger partial charge < -0.3 is 4.74 Å². The Morgan fingerprint density at radius 3 is 0.939 bits per heavy atom. The fraction of sp³-hybridized carbons (Fsp3) is 0.968. The van der Waals surface area contributed by atoms with Crippen molar-refractivity contribution in [3.63, 3.8) is 0 Å². The van der Waals surface area contributed by atoms with Gasteiger partial charge >= 0.3 is 5.97 Å². The van der Waals surface area contributed by atoms with Gasteiger partial charge in [0.1, 0.15) is 0 Å². The summed E-state index contributed by atoms with van der Waals surface area (Å²) in [5.41, 5.74) is 0. The van der Waals surface area contributed by atoms with Gasteiger partial charge in [0.25, 0.3) is 0 Å². The van der Waals surface area contributed by atoms with Crippen LogP contribution in [0.25, 0.3) is 0 Å². The zero-order valence-corrected chi connectivity index (χ0v) is 23.1. The van der Waals surface area contributed by atoms with Crippen molar-refractivity contribution in [2.75, 3.05) is 6.61 Å². The Bertz CT molecular complexity index is 366. The molecule has 0 fully saturated rings. The number of esters is 1. The molecule has 0 bridgehead atoms. The number of carbonyl (C=O) groups excluding carboxylic acids is 1. The second-order valence-electron chi connectivity index (χ2n) is 10.5. The first kappa shape index (κ1) is 32.5. The molecule has 0 radical (unpaired) electrons. The quantitative estimate of drug-likeness (QED) is 0.0846. The summed E-state index contributed by atoms with van der Waals surface area (Å²) in [5.74, 6) is -0.00839. The van der Waals surface area contributed by atoms with Crippen LogP contribution < -0.4 is 0 Å². The minimum absolute atomic E-state index is 0.00839. The van der Waals surface area contributed by atoms with E-state index in [4.69, 9.17) is 4.74 Å². The molecule has 0 amide bonds. The van der Waals surface area contributed by atoms with Crippen LogP contribution in [0.5, 0.6) is 0 Å². The maximum absolute atomic E-state index is 11.4. The fourth-order valence-electron chi connectivity index (χ4n) is 4.70. The van der Waals surface area contributed by atoms with Gasteiger partial charge in [0.15, 0.2) is 0 Å². The monoisotopic (exact) mass is 466 g/mol. The zero-order chi connectivity index (χ0) is 24.1. The second kappa shape index (κ2) is 29.5. The van der Waals surface area contributed by atoms with E-state index in [0.717, 1.165) is 12.8 Å². The fourth-order valence-corrected chi connectivity index (χ4v) is 4.70. The minimum atomic E-state index is -0.00839. The number of unbranched alkanes of at least 4 members (excludes halogenated alkanes) is 24. The summed E-state index contributed by atoms with van der Waals surface area (Å²) < 4.78 is 5.11. The van der Waals surface area contributed by atoms with Crippen molar-refractivity contribution in [2.24, 2.45) is 0 Å². The lowest BCUT2D eigenvalue weighted by Gasteiger charge is -2.05. The van der Waals surface area contributed by atoms with E-state index in [2.05, 4.69) is 6.92 Å². The van der Waals surface area contributed by atoms with Gasteiger partial charge in [-0.3, -0.25) is 4.79 Å². The number of hydrogen-bond acceptors (Lipinski definition) is 2. The lowest BCUT2D eigenvalue weighted by Crippen LogP contribution is -2.04. The largest absolute Gasteiger partial charge is 0.466 e. The predicted molar refractivity (Wildman–Crippen MR) is 147 cm³/mol. The third-order valence-electron chi connectivity index (χ3n) is 6.95. The lowest BCUT2D eigenvalue weighted by molar-refractivity contribution is -0.143. The number of ether oxygens (including phenoxy) is 1. The van der Waals surface area contributed by atoms with Crippen LogP contribution in [0.2, 0.25) is 0 Å². The molecule has 0 aromatic carbocycles. The first-order valence-electron chi connectivity index (χ1n) is 15.5. The highest BCUT2D eigenvalue weighted by atomic mass is 16.5. The number of hydrogen-bond donors (Lipinski definition) is 0. The molecule has 0 unspecified atom stereocenters. The molecule has 0 aliphatic rings. The maximum Gasteiger partial charge on any atom is 0.305 e. The van der Waals surface area contributed by atoms with Crippen molar-refractivity contribution in [3.05, 3.63) is 0 Å². The normalized spacial score (nSPS) is 11.2. The third kappa shape index (κ3) is 29.4. The molecule has 0 aromatic rings. The van der Waals surface area contributed by atoms with Crippen LogP contribution in [-0.2, 0) is 9.53 Å². The van der Waals surface area contributed by atoms with Crippen LogP contribution in [0.15, 0.2) is 0 Å². The van der Waals surface area contributed by atoms with Crippen molar-refractivity contribution in [2.45, 2.75) is 187 Å². The Morgan fingerprint density at radius 2 is 0.667 bits per heavy atom. The van der Waals surface area contributed by atoms with Gasteiger partial charge in [-0.2, -0.15) is 0 Å². The SMILES string of the molecule is CCCCCCCCCCCCCCCCCCCCCCCCCCCC(=O)OCCC. The van der Waals surface area contributed by atoms with E-state index in [-0.39, 0.29) is 5.97 Å². The summed E-state index contributed by atoms with van der Waals surface area (Å²) in [7, 11) is 0. The molecule has 33 heavy (non-hydrogen) atoms. The molecule has 0 saturated carbocycles. The Hall–Kier alpha value is -0.530. The molecule has 0 heterocycles. The second-order valence-corrected chi connectivity index (χ2v) is 10.5. The smallest absolute Gasteiger partial charge is 0.305 e. The zero-order valence-electron chi connectivity index (χ0n) is 23.1. The summed E-state index contributed by atoms with van der Waals surface area (Å²) in [5, 5.41) is 0. The predicted octanol–water partition coefficient (Wildman–Crippen LogP) is 11.1. The highest BCUT2D eigenvalue weighted by Gasteiger charge is 2.01. The molecule has 198 valence electrons. The summed E-state index contributed by atoms with van der Waals surface area (Å²) in [6, 6.07) is 0. The Morgan fingerprint density at radius 1 is 0.394 bits per heavy atom. The molecule has 2 heteroatoms. The molecular weight excluding hydrogens is 404 g/mol. The van der Waals surface area contributed by atoms with Crippen LogP contribution in [0.4, 0.5) is 0 Å². The Kier molecular flexibility index (Phi) is 29.0. The summed E-state index contributed by atoms with van der Waals surface area (Å²) in [6.45, 7) is 4.92. The van der Waals surface area contributed by atoms with E-state index in [9.17, 15) is 4.79 Å². The minimum Gasteiger partial charge on any atom is -0.466 e. The van der Waals surface area contributed by atoms with E-state index in [1.54, 1.807) is 0 Å². The first-order chi connectivity index (χ1) is 16.3. The van der Waals surface area contributed by atoms with Crippen molar-refractivity contribution in [3.8, 4) is 0 Å². The van der Waals surface area contributed by atoms with Gasteiger partial charge in [-0.1, -0.05) is 168 Å². The summed E-state index contributed by atoms with van der Waals surface area (Å²) >= 11 is 0. The molecule has 0 aromatic heterocycles. The molecule has 0 rings (SSSR count). The summed E-state index contributed by atoms with van der Waals surface area (Å²) in [6.07, 6.45) is 36.7. The van der Waals surface area contributed by atoms with Gasteiger partial charge in [-0.25, -0.2) is 0 Å². The molecule has 0 aliphatic carbocycles. The van der Waals surface area contributed by atoms with E-state index < -0.39 is 0 Å². The van der Waals surface area contributed by atoms with Crippen LogP contribution in [0.3, 0.4) is 0 Å². The lowest BCUT2D eigenvalue weighted by atomic mass is 10.0. The van der Waals surface area contributed by atoms with Crippen molar-refractivity contribution < 1.29 is 9.53 Å². The molecule has 0 spiro atoms. The van der Waals surface area contributed by atoms with E-state index >= 15 is 0 Å². The Balaban J connectivity index is 3.04. The first-order valence-corrected chi connectivity index (χ1v) is 15.5. The van der Waals surface area contributed by atoms with Gasteiger partial charge in [0.2, 0.25) is 0 Å². The van der Waals surface area contributed by atoms with E-state index in [0.29, 0.717) is 13.0 Å². The average molecular weight is 467 g/mol. The molecule has 0 saturated heterocycles. The topological polar surface area (TPSA) is 26.3 Å². The van der Waals surface area contributed by atoms with E-state index in [1.165, 1.54) is 154 Å². The maximum atomic E-state index is 11.4. The number of carbonyl (C=O) groups is 1. The van der Waals surface area contributed by atoms with Crippen LogP contribution in [0, 0.1) is 0 Å². The highest BCUT2D eigenvalue weighted by Crippen LogP contribution is 2.16. The van der Waals surface area contributed by atoms with Crippen molar-refractivity contribution >= 4 is 5.97 Å². The van der Waals surface area contributed by atoms with Gasteiger partial charge in [-0.05, 0) is 12.8 Å². The van der Waals surface area contributed by atoms with Gasteiger partial charge in [0.05, 0.1) is 6.61 Å². The Labute approximate surface area is 209 Å². The van der Waals surface area contributed by atoms with E-state index in [1.807, 2.05) is 6.92 Å². The summed E-state index contributed by atoms with van der Waals surface area (Å²) in [4.78, 5) is 11.4. The van der Waals surface area contributed by atoms with Crippen LogP contribution in [0.1, 0.15) is 187 Å².